The Morgan fingerprint density at radius 3 is 1.90 bits per heavy atom. The minimum atomic E-state index is -0.418. The number of H-pyrrole nitrogens is 3. The second kappa shape index (κ2) is 17.7. The van der Waals surface area contributed by atoms with Crippen molar-refractivity contribution >= 4 is 44.1 Å². The van der Waals surface area contributed by atoms with Gasteiger partial charge < -0.3 is 33.4 Å². The van der Waals surface area contributed by atoms with Crippen LogP contribution in [-0.2, 0) is 25.9 Å². The monoisotopic (exact) mass is 968 g/mol. The molecule has 0 aliphatic carbocycles. The molecule has 0 fully saturated rings. The Labute approximate surface area is 406 Å². The zero-order valence-electron chi connectivity index (χ0n) is 39.3. The van der Waals surface area contributed by atoms with Crippen molar-refractivity contribution in [1.29, 1.82) is 0 Å². The van der Waals surface area contributed by atoms with Gasteiger partial charge in [0.05, 0.1) is 66.9 Å². The fourth-order valence-corrected chi connectivity index (χ4v) is 9.73. The Bertz CT molecular complexity index is 3990. The number of benzene rings is 4. The molecule has 21 nitrogen and oxygen atoms in total. The maximum atomic E-state index is 14.3. The summed E-state index contributed by atoms with van der Waals surface area (Å²) in [7, 11) is 3.22. The molecule has 3 N–H and O–H groups in total. The first-order chi connectivity index (χ1) is 35.2. The van der Waals surface area contributed by atoms with E-state index in [-0.39, 0.29) is 52.4 Å². The number of fused-ring (bicyclic) bond motifs is 6. The number of aromatic nitrogens is 12. The first-order valence-electron chi connectivity index (χ1n) is 23.3. The van der Waals surface area contributed by atoms with Crippen LogP contribution in [0.3, 0.4) is 0 Å². The molecule has 2 aliphatic rings. The molecule has 362 valence electrons. The number of imidazole rings is 2. The summed E-state index contributed by atoms with van der Waals surface area (Å²) in [6, 6.07) is 20.3. The van der Waals surface area contributed by atoms with Crippen LogP contribution >= 0.6 is 0 Å². The highest BCUT2D eigenvalue weighted by molar-refractivity contribution is 5.95. The molecule has 12 rings (SSSR count). The van der Waals surface area contributed by atoms with Crippen molar-refractivity contribution in [3.63, 3.8) is 0 Å². The van der Waals surface area contributed by atoms with Gasteiger partial charge in [-0.2, -0.15) is 4.98 Å². The lowest BCUT2D eigenvalue weighted by atomic mass is 9.95. The smallest absolute Gasteiger partial charge is 0.327 e. The normalized spacial score (nSPS) is 15.3. The van der Waals surface area contributed by atoms with Gasteiger partial charge in [0.25, 0.3) is 5.56 Å². The van der Waals surface area contributed by atoms with E-state index < -0.39 is 12.4 Å². The van der Waals surface area contributed by atoms with E-state index in [9.17, 15) is 14.4 Å². The van der Waals surface area contributed by atoms with Crippen molar-refractivity contribution in [2.75, 3.05) is 34.2 Å². The van der Waals surface area contributed by atoms with Crippen molar-refractivity contribution < 1.29 is 28.4 Å². The number of methoxy groups -OCH3 is 2. The molecule has 0 saturated heterocycles. The number of nitrogens with one attached hydrogen (secondary N) is 3. The predicted octanol–water partition coefficient (Wildman–Crippen LogP) is 5.98. The maximum Gasteiger partial charge on any atom is 0.327 e. The molecule has 72 heavy (non-hydrogen) atoms. The summed E-state index contributed by atoms with van der Waals surface area (Å²) in [4.78, 5) is 81.9. The first-order valence-corrected chi connectivity index (χ1v) is 23.3. The summed E-state index contributed by atoms with van der Waals surface area (Å²) in [6.45, 7) is 4.66. The summed E-state index contributed by atoms with van der Waals surface area (Å²) < 4.78 is 39.6. The highest BCUT2D eigenvalue weighted by Gasteiger charge is 2.29. The van der Waals surface area contributed by atoms with E-state index in [1.807, 2.05) is 68.4 Å². The van der Waals surface area contributed by atoms with Crippen molar-refractivity contribution in [1.82, 2.24) is 59.0 Å². The average Bonchev–Trinajstić information content (AvgIpc) is 3.93. The molecule has 0 spiro atoms. The number of hydrogen-bond donors (Lipinski definition) is 3. The molecule has 0 bridgehead atoms. The van der Waals surface area contributed by atoms with Crippen LogP contribution in [0.15, 0.2) is 93.8 Å². The Morgan fingerprint density at radius 2 is 1.26 bits per heavy atom. The highest BCUT2D eigenvalue weighted by atomic mass is 16.7. The highest BCUT2D eigenvalue weighted by Crippen LogP contribution is 2.39. The Morgan fingerprint density at radius 1 is 0.639 bits per heavy atom. The van der Waals surface area contributed by atoms with Gasteiger partial charge >= 0.3 is 11.4 Å². The van der Waals surface area contributed by atoms with Gasteiger partial charge in [0, 0.05) is 24.2 Å². The lowest BCUT2D eigenvalue weighted by Crippen LogP contribution is -2.24. The van der Waals surface area contributed by atoms with E-state index in [1.54, 1.807) is 30.9 Å². The van der Waals surface area contributed by atoms with Gasteiger partial charge in [-0.05, 0) is 98.5 Å². The van der Waals surface area contributed by atoms with Crippen molar-refractivity contribution in [3.05, 3.63) is 133 Å². The lowest BCUT2D eigenvalue weighted by Gasteiger charge is -2.25. The molecule has 21 heteroatoms. The molecule has 6 aromatic heterocycles. The standard InChI is InChI=1S/C51H44N12O9/c1-5-62-42-39(52-22-54-46(42)60-50(62)65)25-7-10-33-35(18-25)56-44(29-13-26-15-31(67-3)8-11-36(26)69-20-29)59-49(33)72-24-71-38-19-28(40-43-47(55-23-53-40)61-51(66)63(43)6-2)17-34-41(38)57-45(58-48(34)64)30-14-27-16-32(68-4)9-12-37(27)70-21-30/h7-12,15-19,22-23,29-30H,5-6,13-14,20-21,24H2,1-4H3,(H,57,58,64)(H,52,54,60,65)(H,53,55,61,66). The number of rotatable bonds is 12. The molecular weight excluding hydrogens is 925 g/mol. The second-order valence-corrected chi connectivity index (χ2v) is 17.4. The lowest BCUT2D eigenvalue weighted by molar-refractivity contribution is 0.117. The van der Waals surface area contributed by atoms with Gasteiger partial charge in [-0.1, -0.05) is 6.07 Å². The van der Waals surface area contributed by atoms with Gasteiger partial charge in [-0.15, -0.1) is 0 Å². The summed E-state index contributed by atoms with van der Waals surface area (Å²) >= 11 is 0. The van der Waals surface area contributed by atoms with E-state index in [0.29, 0.717) is 111 Å². The fraction of sp³-hybridized carbons (Fsp3) is 0.255. The van der Waals surface area contributed by atoms with Crippen LogP contribution in [0.1, 0.15) is 48.5 Å². The zero-order chi connectivity index (χ0) is 49.2. The molecule has 4 aromatic carbocycles. The second-order valence-electron chi connectivity index (χ2n) is 17.4. The molecule has 0 saturated carbocycles. The summed E-state index contributed by atoms with van der Waals surface area (Å²) in [5.74, 6) is 3.56. The van der Waals surface area contributed by atoms with Crippen molar-refractivity contribution in [3.8, 4) is 57.1 Å². The molecule has 8 heterocycles. The van der Waals surface area contributed by atoms with Crippen LogP contribution in [0.5, 0.6) is 34.6 Å². The summed E-state index contributed by atoms with van der Waals surface area (Å²) in [6.07, 6.45) is 3.86. The van der Waals surface area contributed by atoms with Gasteiger partial charge in [0.1, 0.15) is 63.9 Å². The quantitative estimate of drug-likeness (QED) is 0.119. The summed E-state index contributed by atoms with van der Waals surface area (Å²) in [5.41, 5.74) is 5.50. The topological polar surface area (TPSA) is 254 Å². The zero-order valence-corrected chi connectivity index (χ0v) is 39.3. The Balaban J connectivity index is 0.956. The molecule has 0 radical (unpaired) electrons. The van der Waals surface area contributed by atoms with Crippen LogP contribution in [0.2, 0.25) is 0 Å². The minimum Gasteiger partial charge on any atom is -0.497 e. The van der Waals surface area contributed by atoms with Crippen LogP contribution in [0, 0.1) is 0 Å². The Hall–Kier alpha value is -9.14. The van der Waals surface area contributed by atoms with E-state index in [1.165, 1.54) is 17.2 Å². The molecule has 0 amide bonds. The van der Waals surface area contributed by atoms with Gasteiger partial charge in [0.2, 0.25) is 12.7 Å². The number of hydrogen-bond acceptors (Lipinski definition) is 16. The van der Waals surface area contributed by atoms with Crippen molar-refractivity contribution in [2.45, 2.75) is 51.6 Å². The van der Waals surface area contributed by atoms with E-state index in [0.717, 1.165) is 22.6 Å². The third-order valence-corrected chi connectivity index (χ3v) is 13.3. The SMILES string of the molecule is CCn1c(=O)[nH]c2ncnc(-c3ccc4c(OCOc5cc(-c6ncnc7[nH]c(=O)n(CC)c67)cc6c(=O)[nH]c(C7COc8ccc(OC)cc8C7)nc56)nc(C5COc6ccc(OC)cc6C5)nc4c3)c21. The number of aromatic amines is 3. The van der Waals surface area contributed by atoms with Gasteiger partial charge in [-0.3, -0.25) is 23.9 Å². The van der Waals surface area contributed by atoms with Gasteiger partial charge in [-0.25, -0.2) is 39.5 Å². The van der Waals surface area contributed by atoms with Crippen LogP contribution in [-0.4, -0.2) is 93.2 Å². The molecule has 2 unspecified atom stereocenters. The predicted molar refractivity (Wildman–Crippen MR) is 264 cm³/mol. The molecule has 10 aromatic rings. The minimum absolute atomic E-state index is 0.203. The van der Waals surface area contributed by atoms with Crippen molar-refractivity contribution in [2.24, 2.45) is 0 Å². The largest absolute Gasteiger partial charge is 0.497 e. The number of ether oxygens (including phenoxy) is 6. The number of nitrogens with zero attached hydrogens (tertiary/aromatic N) is 9. The Kier molecular flexibility index (Phi) is 10.8. The average molecular weight is 969 g/mol. The van der Waals surface area contributed by atoms with Gasteiger partial charge in [0.15, 0.2) is 17.0 Å². The molecular formula is C51H44N12O9. The van der Waals surface area contributed by atoms with Crippen LogP contribution in [0.4, 0.5) is 0 Å². The van der Waals surface area contributed by atoms with Crippen LogP contribution in [0.25, 0.3) is 66.6 Å². The fourth-order valence-electron chi connectivity index (χ4n) is 9.73. The molecule has 2 aliphatic heterocycles. The van der Waals surface area contributed by atoms with E-state index in [4.69, 9.17) is 43.4 Å². The van der Waals surface area contributed by atoms with E-state index >= 15 is 0 Å². The molecule has 2 atom stereocenters. The third-order valence-electron chi connectivity index (χ3n) is 13.3. The van der Waals surface area contributed by atoms with E-state index in [2.05, 4.69) is 34.9 Å². The number of aryl methyl sites for hydroxylation is 2. The third kappa shape index (κ3) is 7.56. The maximum absolute atomic E-state index is 14.3. The summed E-state index contributed by atoms with van der Waals surface area (Å²) in [5, 5.41) is 0.777. The van der Waals surface area contributed by atoms with Crippen LogP contribution < -0.4 is 45.4 Å². The first kappa shape index (κ1) is 44.1.